The largest absolute Gasteiger partial charge is 0.304 e. The number of hydrogen-bond acceptors (Lipinski definition) is 4. The van der Waals surface area contributed by atoms with Crippen molar-refractivity contribution in [2.45, 2.75) is 60.8 Å². The maximum absolute atomic E-state index is 2.63. The second kappa shape index (κ2) is 16.3. The summed E-state index contributed by atoms with van der Waals surface area (Å²) in [5.74, 6) is 0. The first kappa shape index (κ1) is 23.8. The van der Waals surface area contributed by atoms with Crippen molar-refractivity contribution < 1.29 is 0 Å². The van der Waals surface area contributed by atoms with Crippen LogP contribution >= 0.6 is 0 Å². The van der Waals surface area contributed by atoms with Crippen LogP contribution in [0.1, 0.15) is 60.8 Å². The summed E-state index contributed by atoms with van der Waals surface area (Å²) in [6.07, 6.45) is 3.95. The van der Waals surface area contributed by atoms with E-state index in [0.29, 0.717) is 0 Å². The third-order valence-electron chi connectivity index (χ3n) is 5.23. The second-order valence-electron chi connectivity index (χ2n) is 6.68. The maximum Gasteiger partial charge on any atom is 0.0505 e. The molecule has 24 heavy (non-hydrogen) atoms. The van der Waals surface area contributed by atoms with Crippen molar-refractivity contribution in [3.05, 3.63) is 0 Å². The fourth-order valence-electron chi connectivity index (χ4n) is 3.19. The molecule has 0 aliphatic heterocycles. The molecule has 0 aliphatic rings. The molecule has 0 aromatic carbocycles. The number of rotatable bonds is 17. The lowest BCUT2D eigenvalue weighted by atomic mass is 10.2. The van der Waals surface area contributed by atoms with Crippen LogP contribution < -0.4 is 0 Å². The van der Waals surface area contributed by atoms with Gasteiger partial charge in [-0.3, -0.25) is 9.80 Å². The van der Waals surface area contributed by atoms with Gasteiger partial charge in [-0.2, -0.15) is 0 Å². The zero-order valence-corrected chi connectivity index (χ0v) is 17.7. The Hall–Kier alpha value is -0.160. The van der Waals surface area contributed by atoms with Crippen LogP contribution in [0.25, 0.3) is 0 Å². The highest BCUT2D eigenvalue weighted by molar-refractivity contribution is 4.62. The Morgan fingerprint density at radius 2 is 0.750 bits per heavy atom. The van der Waals surface area contributed by atoms with Crippen LogP contribution in [0.2, 0.25) is 0 Å². The van der Waals surface area contributed by atoms with Gasteiger partial charge in [-0.1, -0.05) is 41.5 Å². The van der Waals surface area contributed by atoms with E-state index in [2.05, 4.69) is 61.1 Å². The highest BCUT2D eigenvalue weighted by Crippen LogP contribution is 2.02. The normalized spacial score (nSPS) is 12.2. The highest BCUT2D eigenvalue weighted by atomic mass is 15.3. The first-order valence-corrected chi connectivity index (χ1v) is 10.5. The van der Waals surface area contributed by atoms with Crippen LogP contribution in [0.4, 0.5) is 0 Å². The zero-order valence-electron chi connectivity index (χ0n) is 17.7. The molecule has 0 heterocycles. The Bertz CT molecular complexity index is 252. The van der Waals surface area contributed by atoms with E-state index in [1.165, 1.54) is 65.1 Å². The molecule has 0 rings (SSSR count). The molecule has 0 aliphatic carbocycles. The summed E-state index contributed by atoms with van der Waals surface area (Å²) in [5.41, 5.74) is 0. The lowest BCUT2D eigenvalue weighted by Gasteiger charge is -2.28. The number of unbranched alkanes of at least 4 members (excludes halogenated alkanes) is 1. The van der Waals surface area contributed by atoms with E-state index in [9.17, 15) is 0 Å². The predicted octanol–water partition coefficient (Wildman–Crippen LogP) is 3.44. The highest BCUT2D eigenvalue weighted by Gasteiger charge is 2.08. The van der Waals surface area contributed by atoms with Gasteiger partial charge in [-0.15, -0.1) is 0 Å². The van der Waals surface area contributed by atoms with Crippen LogP contribution in [-0.2, 0) is 0 Å². The molecule has 0 unspecified atom stereocenters. The molecule has 146 valence electrons. The molecule has 0 spiro atoms. The van der Waals surface area contributed by atoms with Gasteiger partial charge in [0.1, 0.15) is 0 Å². The summed E-state index contributed by atoms with van der Waals surface area (Å²) >= 11 is 0. The lowest BCUT2D eigenvalue weighted by molar-refractivity contribution is 0.142. The molecule has 0 radical (unpaired) electrons. The van der Waals surface area contributed by atoms with E-state index in [4.69, 9.17) is 0 Å². The van der Waals surface area contributed by atoms with Gasteiger partial charge >= 0.3 is 0 Å². The van der Waals surface area contributed by atoms with Gasteiger partial charge in [0.15, 0.2) is 0 Å². The van der Waals surface area contributed by atoms with Crippen molar-refractivity contribution in [2.75, 3.05) is 72.1 Å². The SMILES string of the molecule is CCN(CC)CCCN(CC)CCCCN(CC)CN(CC)CC. The van der Waals surface area contributed by atoms with Crippen LogP contribution in [0.5, 0.6) is 0 Å². The minimum Gasteiger partial charge on any atom is -0.304 e. The zero-order chi connectivity index (χ0) is 18.2. The molecule has 4 nitrogen and oxygen atoms in total. The van der Waals surface area contributed by atoms with Gasteiger partial charge < -0.3 is 9.80 Å². The van der Waals surface area contributed by atoms with Crippen molar-refractivity contribution in [1.29, 1.82) is 0 Å². The molecule has 0 saturated carbocycles. The fraction of sp³-hybridized carbons (Fsp3) is 1.00. The van der Waals surface area contributed by atoms with Gasteiger partial charge in [0, 0.05) is 0 Å². The molecule has 0 saturated heterocycles. The van der Waals surface area contributed by atoms with Gasteiger partial charge in [-0.25, -0.2) is 0 Å². The van der Waals surface area contributed by atoms with Gasteiger partial charge in [0.25, 0.3) is 0 Å². The van der Waals surface area contributed by atoms with Crippen molar-refractivity contribution in [3.8, 4) is 0 Å². The summed E-state index contributed by atoms with van der Waals surface area (Å²) in [5, 5.41) is 0. The van der Waals surface area contributed by atoms with Crippen molar-refractivity contribution >= 4 is 0 Å². The first-order valence-electron chi connectivity index (χ1n) is 10.5. The standard InChI is InChI=1S/C20H46N4/c1-7-21(8-2)18-15-19-23(11-5)16-13-14-17-24(12-6)20-22(9-3)10-4/h7-20H2,1-6H3. The maximum atomic E-state index is 2.63. The van der Waals surface area contributed by atoms with Crippen LogP contribution in [0, 0.1) is 0 Å². The number of nitrogens with zero attached hydrogens (tertiary/aromatic N) is 4. The molecule has 0 N–H and O–H groups in total. The van der Waals surface area contributed by atoms with Gasteiger partial charge in [0.05, 0.1) is 6.67 Å². The molecule has 4 heteroatoms. The molecule has 0 amide bonds. The molecule has 0 bridgehead atoms. The molecule has 0 aromatic heterocycles. The Kier molecular flexibility index (Phi) is 16.2. The first-order chi connectivity index (χ1) is 11.6. The summed E-state index contributed by atoms with van der Waals surface area (Å²) in [6.45, 7) is 26.8. The lowest BCUT2D eigenvalue weighted by Crippen LogP contribution is -2.38. The van der Waals surface area contributed by atoms with E-state index in [-0.39, 0.29) is 0 Å². The summed E-state index contributed by atoms with van der Waals surface area (Å²) in [7, 11) is 0. The molecule has 0 aromatic rings. The van der Waals surface area contributed by atoms with Crippen molar-refractivity contribution in [3.63, 3.8) is 0 Å². The fourth-order valence-corrected chi connectivity index (χ4v) is 3.19. The summed E-state index contributed by atoms with van der Waals surface area (Å²) in [6, 6.07) is 0. The summed E-state index contributed by atoms with van der Waals surface area (Å²) in [4.78, 5) is 10.3. The second-order valence-corrected chi connectivity index (χ2v) is 6.68. The van der Waals surface area contributed by atoms with Crippen LogP contribution in [-0.4, -0.2) is 91.7 Å². The van der Waals surface area contributed by atoms with E-state index in [1.54, 1.807) is 0 Å². The monoisotopic (exact) mass is 342 g/mol. The predicted molar refractivity (Wildman–Crippen MR) is 109 cm³/mol. The Labute approximate surface area is 153 Å². The molecule has 0 atom stereocenters. The Morgan fingerprint density at radius 3 is 1.21 bits per heavy atom. The minimum absolute atomic E-state index is 1.13. The van der Waals surface area contributed by atoms with Gasteiger partial charge in [0.2, 0.25) is 0 Å². The Morgan fingerprint density at radius 1 is 0.375 bits per heavy atom. The van der Waals surface area contributed by atoms with Crippen molar-refractivity contribution in [2.24, 2.45) is 0 Å². The molecular formula is C20H46N4. The average molecular weight is 343 g/mol. The minimum atomic E-state index is 1.13. The third kappa shape index (κ3) is 11.4. The van der Waals surface area contributed by atoms with Crippen LogP contribution in [0.15, 0.2) is 0 Å². The van der Waals surface area contributed by atoms with E-state index in [0.717, 1.165) is 26.3 Å². The third-order valence-corrected chi connectivity index (χ3v) is 5.23. The van der Waals surface area contributed by atoms with Crippen LogP contribution in [0.3, 0.4) is 0 Å². The Balaban J connectivity index is 3.88. The van der Waals surface area contributed by atoms with Gasteiger partial charge in [-0.05, 0) is 84.7 Å². The van der Waals surface area contributed by atoms with E-state index >= 15 is 0 Å². The summed E-state index contributed by atoms with van der Waals surface area (Å²) < 4.78 is 0. The number of hydrogen-bond donors (Lipinski definition) is 0. The quantitative estimate of drug-likeness (QED) is 0.296. The smallest absolute Gasteiger partial charge is 0.0505 e. The molecule has 0 fully saturated rings. The average Bonchev–Trinajstić information content (AvgIpc) is 2.63. The molecular weight excluding hydrogens is 296 g/mol. The topological polar surface area (TPSA) is 13.0 Å². The van der Waals surface area contributed by atoms with E-state index < -0.39 is 0 Å². The van der Waals surface area contributed by atoms with E-state index in [1.807, 2.05) is 0 Å². The van der Waals surface area contributed by atoms with Crippen molar-refractivity contribution in [1.82, 2.24) is 19.6 Å².